The Morgan fingerprint density at radius 1 is 1.04 bits per heavy atom. The van der Waals surface area contributed by atoms with Gasteiger partial charge in [-0.1, -0.05) is 23.7 Å². The largest absolute Gasteiger partial charge is 0.440 e. The van der Waals surface area contributed by atoms with Gasteiger partial charge in [0.1, 0.15) is 5.52 Å². The minimum absolute atomic E-state index is 0.157. The lowest BCUT2D eigenvalue weighted by Gasteiger charge is -2.05. The topological polar surface area (TPSA) is 55.1 Å². The second-order valence-electron chi connectivity index (χ2n) is 6.05. The maximum absolute atomic E-state index is 12.4. The van der Waals surface area contributed by atoms with Crippen LogP contribution in [-0.2, 0) is 6.42 Å². The van der Waals surface area contributed by atoms with E-state index in [2.05, 4.69) is 32.9 Å². The second kappa shape index (κ2) is 7.70. The molecule has 4 nitrogen and oxygen atoms in total. The van der Waals surface area contributed by atoms with Crippen LogP contribution in [0.15, 0.2) is 71.1 Å². The van der Waals surface area contributed by atoms with Gasteiger partial charge in [-0.2, -0.15) is 0 Å². The van der Waals surface area contributed by atoms with Crippen molar-refractivity contribution < 1.29 is 9.21 Å². The highest BCUT2D eigenvalue weighted by Crippen LogP contribution is 2.22. The van der Waals surface area contributed by atoms with E-state index in [1.54, 1.807) is 12.1 Å². The van der Waals surface area contributed by atoms with Crippen molar-refractivity contribution in [2.24, 2.45) is 0 Å². The summed E-state index contributed by atoms with van der Waals surface area (Å²) < 4.78 is 6.89. The summed E-state index contributed by atoms with van der Waals surface area (Å²) in [7, 11) is 0. The highest BCUT2D eigenvalue weighted by atomic mass is 127. The first-order chi connectivity index (χ1) is 13.1. The number of carbonyl (C=O) groups excluding carboxylic acids is 1. The molecule has 0 spiro atoms. The average molecular weight is 489 g/mol. The van der Waals surface area contributed by atoms with Crippen LogP contribution in [-0.4, -0.2) is 10.9 Å². The van der Waals surface area contributed by atoms with Crippen LogP contribution in [0.4, 0.5) is 5.69 Å². The number of benzene rings is 3. The Labute approximate surface area is 174 Å². The number of fused-ring (bicyclic) bond motifs is 1. The monoisotopic (exact) mass is 488 g/mol. The third kappa shape index (κ3) is 4.31. The molecule has 4 aromatic rings. The summed E-state index contributed by atoms with van der Waals surface area (Å²) >= 11 is 8.12. The molecule has 134 valence electrons. The highest BCUT2D eigenvalue weighted by Gasteiger charge is 2.10. The van der Waals surface area contributed by atoms with E-state index in [4.69, 9.17) is 16.0 Å². The lowest BCUT2D eigenvalue weighted by molar-refractivity contribution is 0.102. The molecular formula is C21H14ClIN2O2. The Kier molecular flexibility index (Phi) is 5.13. The fourth-order valence-electron chi connectivity index (χ4n) is 2.71. The summed E-state index contributed by atoms with van der Waals surface area (Å²) in [6.07, 6.45) is 0.580. The molecule has 0 aliphatic heterocycles. The number of hydrogen-bond acceptors (Lipinski definition) is 3. The van der Waals surface area contributed by atoms with Crippen molar-refractivity contribution >= 4 is 56.9 Å². The molecule has 1 heterocycles. The van der Waals surface area contributed by atoms with E-state index in [1.165, 1.54) is 0 Å². The molecule has 0 atom stereocenters. The smallest absolute Gasteiger partial charge is 0.255 e. The third-order valence-electron chi connectivity index (χ3n) is 4.06. The molecule has 0 radical (unpaired) electrons. The van der Waals surface area contributed by atoms with Crippen LogP contribution >= 0.6 is 34.2 Å². The number of oxazole rings is 1. The molecule has 3 aromatic carbocycles. The zero-order valence-electron chi connectivity index (χ0n) is 14.1. The Morgan fingerprint density at radius 2 is 1.78 bits per heavy atom. The second-order valence-corrected chi connectivity index (χ2v) is 7.74. The Hall–Kier alpha value is -2.38. The van der Waals surface area contributed by atoms with E-state index < -0.39 is 0 Å². The first-order valence-corrected chi connectivity index (χ1v) is 9.73. The van der Waals surface area contributed by atoms with Crippen LogP contribution in [0.3, 0.4) is 0 Å². The van der Waals surface area contributed by atoms with Gasteiger partial charge >= 0.3 is 0 Å². The van der Waals surface area contributed by atoms with Crippen molar-refractivity contribution in [3.63, 3.8) is 0 Å². The van der Waals surface area contributed by atoms with E-state index in [0.717, 1.165) is 9.13 Å². The fraction of sp³-hybridized carbons (Fsp3) is 0.0476. The first kappa shape index (κ1) is 18.0. The molecule has 0 aliphatic rings. The average Bonchev–Trinajstić information content (AvgIpc) is 3.05. The van der Waals surface area contributed by atoms with Gasteiger partial charge in [-0.3, -0.25) is 4.79 Å². The molecule has 0 fully saturated rings. The molecular weight excluding hydrogens is 475 g/mol. The van der Waals surface area contributed by atoms with Crippen LogP contribution < -0.4 is 5.32 Å². The molecule has 0 saturated heterocycles. The maximum Gasteiger partial charge on any atom is 0.255 e. The minimum atomic E-state index is -0.157. The molecule has 0 aliphatic carbocycles. The molecule has 1 aromatic heterocycles. The van der Waals surface area contributed by atoms with Crippen LogP contribution in [0, 0.1) is 3.57 Å². The Bertz CT molecular complexity index is 1110. The van der Waals surface area contributed by atoms with E-state index in [9.17, 15) is 4.79 Å². The van der Waals surface area contributed by atoms with E-state index in [0.29, 0.717) is 39.7 Å². The van der Waals surface area contributed by atoms with Crippen molar-refractivity contribution in [2.75, 3.05) is 5.32 Å². The number of nitrogens with one attached hydrogen (secondary N) is 1. The SMILES string of the molecule is O=C(Nc1ccc2oc(Cc3ccc(Cl)cc3)nc2c1)c1ccc(I)cc1. The van der Waals surface area contributed by atoms with Crippen LogP contribution in [0.5, 0.6) is 0 Å². The molecule has 0 bridgehead atoms. The van der Waals surface area contributed by atoms with Crippen LogP contribution in [0.25, 0.3) is 11.1 Å². The molecule has 0 unspecified atom stereocenters. The Balaban J connectivity index is 1.52. The predicted molar refractivity (Wildman–Crippen MR) is 115 cm³/mol. The van der Waals surface area contributed by atoms with Crippen LogP contribution in [0.2, 0.25) is 5.02 Å². The normalized spacial score (nSPS) is 10.9. The summed E-state index contributed by atoms with van der Waals surface area (Å²) in [6.45, 7) is 0. The van der Waals surface area contributed by atoms with E-state index >= 15 is 0 Å². The number of hydrogen-bond donors (Lipinski definition) is 1. The zero-order chi connectivity index (χ0) is 18.8. The number of anilines is 1. The van der Waals surface area contributed by atoms with Gasteiger partial charge in [0, 0.05) is 26.3 Å². The van der Waals surface area contributed by atoms with Gasteiger partial charge in [-0.25, -0.2) is 4.98 Å². The Morgan fingerprint density at radius 3 is 2.52 bits per heavy atom. The summed E-state index contributed by atoms with van der Waals surface area (Å²) in [5, 5.41) is 3.60. The van der Waals surface area contributed by atoms with Crippen molar-refractivity contribution in [1.82, 2.24) is 4.98 Å². The van der Waals surface area contributed by atoms with Crippen molar-refractivity contribution in [3.05, 3.63) is 92.3 Å². The predicted octanol–water partition coefficient (Wildman–Crippen LogP) is 5.93. The lowest BCUT2D eigenvalue weighted by Crippen LogP contribution is -2.11. The number of amides is 1. The van der Waals surface area contributed by atoms with Crippen LogP contribution in [0.1, 0.15) is 21.8 Å². The molecule has 6 heteroatoms. The van der Waals surface area contributed by atoms with Gasteiger partial charge in [0.05, 0.1) is 0 Å². The summed E-state index contributed by atoms with van der Waals surface area (Å²) in [5.74, 6) is 0.462. The highest BCUT2D eigenvalue weighted by molar-refractivity contribution is 14.1. The number of aromatic nitrogens is 1. The van der Waals surface area contributed by atoms with E-state index in [1.807, 2.05) is 54.6 Å². The van der Waals surface area contributed by atoms with Gasteiger partial charge < -0.3 is 9.73 Å². The minimum Gasteiger partial charge on any atom is -0.440 e. The first-order valence-electron chi connectivity index (χ1n) is 8.28. The molecule has 1 amide bonds. The molecule has 1 N–H and O–H groups in total. The van der Waals surface area contributed by atoms with Gasteiger partial charge in [-0.05, 0) is 82.8 Å². The van der Waals surface area contributed by atoms with Gasteiger partial charge in [0.2, 0.25) is 0 Å². The summed E-state index contributed by atoms with van der Waals surface area (Å²) in [4.78, 5) is 16.9. The van der Waals surface area contributed by atoms with Gasteiger partial charge in [0.15, 0.2) is 11.5 Å². The molecule has 0 saturated carbocycles. The van der Waals surface area contributed by atoms with E-state index in [-0.39, 0.29) is 5.91 Å². The zero-order valence-corrected chi connectivity index (χ0v) is 17.0. The number of rotatable bonds is 4. The van der Waals surface area contributed by atoms with Crippen molar-refractivity contribution in [3.8, 4) is 0 Å². The number of carbonyl (C=O) groups is 1. The number of halogens is 2. The summed E-state index contributed by atoms with van der Waals surface area (Å²) in [6, 6.07) is 20.4. The third-order valence-corrected chi connectivity index (χ3v) is 5.04. The van der Waals surface area contributed by atoms with Gasteiger partial charge in [-0.15, -0.1) is 0 Å². The summed E-state index contributed by atoms with van der Waals surface area (Å²) in [5.41, 5.74) is 3.75. The quantitative estimate of drug-likeness (QED) is 0.362. The standard InChI is InChI=1S/C21H14ClIN2O2/c22-15-5-1-13(2-6-15)11-20-25-18-12-17(9-10-19(18)27-20)24-21(26)14-3-7-16(23)8-4-14/h1-10,12H,11H2,(H,24,26). The molecule has 4 rings (SSSR count). The number of nitrogens with zero attached hydrogens (tertiary/aromatic N) is 1. The lowest BCUT2D eigenvalue weighted by atomic mass is 10.1. The van der Waals surface area contributed by atoms with Gasteiger partial charge in [0.25, 0.3) is 5.91 Å². The van der Waals surface area contributed by atoms with Crippen molar-refractivity contribution in [2.45, 2.75) is 6.42 Å². The molecule has 27 heavy (non-hydrogen) atoms. The fourth-order valence-corrected chi connectivity index (χ4v) is 3.20. The van der Waals surface area contributed by atoms with Crippen molar-refractivity contribution in [1.29, 1.82) is 0 Å². The maximum atomic E-state index is 12.4.